The summed E-state index contributed by atoms with van der Waals surface area (Å²) in [6.45, 7) is 6.49. The van der Waals surface area contributed by atoms with Crippen molar-refractivity contribution in [1.29, 1.82) is 0 Å². The number of methoxy groups -OCH3 is 1. The van der Waals surface area contributed by atoms with Gasteiger partial charge in [-0.15, -0.1) is 0 Å². The number of sulfonamides is 1. The maximum absolute atomic E-state index is 13.4. The molecule has 0 saturated carbocycles. The molecule has 0 spiro atoms. The number of morpholine rings is 1. The molecule has 0 bridgehead atoms. The van der Waals surface area contributed by atoms with Gasteiger partial charge in [-0.3, -0.25) is 9.21 Å². The highest BCUT2D eigenvalue weighted by atomic mass is 32.2. The van der Waals surface area contributed by atoms with Crippen LogP contribution in [-0.4, -0.2) is 53.3 Å². The van der Waals surface area contributed by atoms with Gasteiger partial charge in [0.1, 0.15) is 10.6 Å². The van der Waals surface area contributed by atoms with Crippen molar-refractivity contribution in [3.63, 3.8) is 0 Å². The van der Waals surface area contributed by atoms with Crippen LogP contribution >= 0.6 is 0 Å². The molecule has 4 rings (SSSR count). The van der Waals surface area contributed by atoms with Gasteiger partial charge in [0.05, 0.1) is 26.0 Å². The molecule has 0 atom stereocenters. The van der Waals surface area contributed by atoms with Crippen LogP contribution in [-0.2, 0) is 27.7 Å². The van der Waals surface area contributed by atoms with Crippen LogP contribution in [0.5, 0.6) is 5.75 Å². The van der Waals surface area contributed by atoms with E-state index in [1.165, 1.54) is 17.0 Å². The first-order valence-electron chi connectivity index (χ1n) is 9.59. The minimum Gasteiger partial charge on any atom is -0.495 e. The van der Waals surface area contributed by atoms with Gasteiger partial charge in [0.2, 0.25) is 0 Å². The average molecular weight is 403 g/mol. The van der Waals surface area contributed by atoms with Crippen molar-refractivity contribution < 1.29 is 17.9 Å². The summed E-state index contributed by atoms with van der Waals surface area (Å²) in [6, 6.07) is 11.2. The molecule has 2 aromatic carbocycles. The minimum atomic E-state index is -3.69. The van der Waals surface area contributed by atoms with E-state index in [0.29, 0.717) is 12.3 Å². The topological polar surface area (TPSA) is 59.1 Å². The fourth-order valence-corrected chi connectivity index (χ4v) is 5.72. The summed E-state index contributed by atoms with van der Waals surface area (Å²) in [7, 11) is -2.19. The Balaban J connectivity index is 1.68. The molecule has 0 unspecified atom stereocenters. The van der Waals surface area contributed by atoms with Gasteiger partial charge in [0, 0.05) is 26.2 Å². The zero-order valence-electron chi connectivity index (χ0n) is 16.3. The van der Waals surface area contributed by atoms with E-state index in [1.807, 2.05) is 25.1 Å². The molecule has 2 aliphatic heterocycles. The van der Waals surface area contributed by atoms with Crippen molar-refractivity contribution in [2.75, 3.05) is 44.3 Å². The molecular formula is C21H26N2O4S. The standard InChI is InChI=1S/C21H26N2O4S/c1-16-6-7-20(26-2)21(14-16)28(24,25)23-9-8-18-17(4-3-5-19(18)23)15-22-10-12-27-13-11-22/h3-7,14H,8-13,15H2,1-2H3. The zero-order chi connectivity index (χ0) is 19.7. The third kappa shape index (κ3) is 3.50. The van der Waals surface area contributed by atoms with Crippen molar-refractivity contribution in [3.8, 4) is 5.75 Å². The highest BCUT2D eigenvalue weighted by molar-refractivity contribution is 7.93. The van der Waals surface area contributed by atoms with E-state index in [4.69, 9.17) is 9.47 Å². The Morgan fingerprint density at radius 2 is 1.89 bits per heavy atom. The Morgan fingerprint density at radius 3 is 2.64 bits per heavy atom. The molecular weight excluding hydrogens is 376 g/mol. The predicted molar refractivity (Wildman–Crippen MR) is 109 cm³/mol. The summed E-state index contributed by atoms with van der Waals surface area (Å²) < 4.78 is 39.2. The third-order valence-electron chi connectivity index (χ3n) is 5.47. The Hall–Kier alpha value is -2.09. The maximum Gasteiger partial charge on any atom is 0.268 e. The molecule has 7 heteroatoms. The van der Waals surface area contributed by atoms with E-state index in [0.717, 1.165) is 56.1 Å². The second-order valence-electron chi connectivity index (χ2n) is 7.28. The number of aryl methyl sites for hydroxylation is 1. The lowest BCUT2D eigenvalue weighted by Crippen LogP contribution is -2.35. The molecule has 0 N–H and O–H groups in total. The molecule has 2 aromatic rings. The van der Waals surface area contributed by atoms with Crippen LogP contribution < -0.4 is 9.04 Å². The van der Waals surface area contributed by atoms with Crippen LogP contribution in [0.4, 0.5) is 5.69 Å². The second kappa shape index (κ2) is 7.73. The first-order chi connectivity index (χ1) is 13.5. The fraction of sp³-hybridized carbons (Fsp3) is 0.429. The van der Waals surface area contributed by atoms with E-state index in [9.17, 15) is 8.42 Å². The van der Waals surface area contributed by atoms with Crippen LogP contribution in [0.25, 0.3) is 0 Å². The summed E-state index contributed by atoms with van der Waals surface area (Å²) >= 11 is 0. The fourth-order valence-electron chi connectivity index (χ4n) is 3.98. The Bertz CT molecular complexity index is 968. The first kappa shape index (κ1) is 19.2. The summed E-state index contributed by atoms with van der Waals surface area (Å²) in [5.74, 6) is 0.378. The van der Waals surface area contributed by atoms with Gasteiger partial charge in [0.15, 0.2) is 0 Å². The van der Waals surface area contributed by atoms with Crippen LogP contribution in [0.1, 0.15) is 16.7 Å². The van der Waals surface area contributed by atoms with Crippen molar-refractivity contribution in [3.05, 3.63) is 53.1 Å². The summed E-state index contributed by atoms with van der Waals surface area (Å²) in [4.78, 5) is 2.58. The van der Waals surface area contributed by atoms with Crippen LogP contribution in [0, 0.1) is 6.92 Å². The summed E-state index contributed by atoms with van der Waals surface area (Å²) in [6.07, 6.45) is 0.725. The van der Waals surface area contributed by atoms with Crippen molar-refractivity contribution >= 4 is 15.7 Å². The second-order valence-corrected chi connectivity index (χ2v) is 9.12. The number of benzene rings is 2. The molecule has 0 aliphatic carbocycles. The van der Waals surface area contributed by atoms with Gasteiger partial charge >= 0.3 is 0 Å². The SMILES string of the molecule is COc1ccc(C)cc1S(=O)(=O)N1CCc2c(CN3CCOCC3)cccc21. The number of nitrogens with zero attached hydrogens (tertiary/aromatic N) is 2. The van der Waals surface area contributed by atoms with E-state index >= 15 is 0 Å². The maximum atomic E-state index is 13.4. The van der Waals surface area contributed by atoms with E-state index in [1.54, 1.807) is 12.1 Å². The van der Waals surface area contributed by atoms with Crippen molar-refractivity contribution in [1.82, 2.24) is 4.90 Å². The molecule has 2 heterocycles. The van der Waals surface area contributed by atoms with Crippen molar-refractivity contribution in [2.45, 2.75) is 24.8 Å². The Kier molecular flexibility index (Phi) is 5.31. The Labute approximate surface area is 166 Å². The first-order valence-corrected chi connectivity index (χ1v) is 11.0. The monoisotopic (exact) mass is 402 g/mol. The quantitative estimate of drug-likeness (QED) is 0.769. The zero-order valence-corrected chi connectivity index (χ0v) is 17.2. The lowest BCUT2D eigenvalue weighted by Gasteiger charge is -2.27. The minimum absolute atomic E-state index is 0.224. The largest absolute Gasteiger partial charge is 0.495 e. The van der Waals surface area contributed by atoms with Gasteiger partial charge in [0.25, 0.3) is 10.0 Å². The predicted octanol–water partition coefficient (Wildman–Crippen LogP) is 2.59. The molecule has 150 valence electrons. The van der Waals surface area contributed by atoms with Gasteiger partial charge in [-0.2, -0.15) is 0 Å². The molecule has 1 saturated heterocycles. The number of rotatable bonds is 5. The third-order valence-corrected chi connectivity index (χ3v) is 7.30. The molecule has 28 heavy (non-hydrogen) atoms. The highest BCUT2D eigenvalue weighted by Crippen LogP contribution is 2.37. The van der Waals surface area contributed by atoms with Crippen LogP contribution in [0.15, 0.2) is 41.3 Å². The molecule has 0 amide bonds. The molecule has 2 aliphatic rings. The Morgan fingerprint density at radius 1 is 1.11 bits per heavy atom. The van der Waals surface area contributed by atoms with E-state index < -0.39 is 10.0 Å². The smallest absolute Gasteiger partial charge is 0.268 e. The average Bonchev–Trinajstić information content (AvgIpc) is 3.15. The number of hydrogen-bond acceptors (Lipinski definition) is 5. The normalized spacial score (nSPS) is 17.6. The molecule has 0 aromatic heterocycles. The number of fused-ring (bicyclic) bond motifs is 1. The highest BCUT2D eigenvalue weighted by Gasteiger charge is 2.34. The molecule has 0 radical (unpaired) electrons. The summed E-state index contributed by atoms with van der Waals surface area (Å²) in [5, 5.41) is 0. The van der Waals surface area contributed by atoms with E-state index in [2.05, 4.69) is 11.0 Å². The van der Waals surface area contributed by atoms with Gasteiger partial charge < -0.3 is 9.47 Å². The lowest BCUT2D eigenvalue weighted by molar-refractivity contribution is 0.0341. The van der Waals surface area contributed by atoms with E-state index in [-0.39, 0.29) is 4.90 Å². The number of ether oxygens (including phenoxy) is 2. The van der Waals surface area contributed by atoms with Gasteiger partial charge in [-0.05, 0) is 48.2 Å². The number of anilines is 1. The molecule has 1 fully saturated rings. The lowest BCUT2D eigenvalue weighted by atomic mass is 10.0. The molecule has 6 nitrogen and oxygen atoms in total. The van der Waals surface area contributed by atoms with Gasteiger partial charge in [-0.25, -0.2) is 8.42 Å². The summed E-state index contributed by atoms with van der Waals surface area (Å²) in [5.41, 5.74) is 4.01. The number of hydrogen-bond donors (Lipinski definition) is 0. The van der Waals surface area contributed by atoms with Crippen LogP contribution in [0.2, 0.25) is 0 Å². The van der Waals surface area contributed by atoms with Crippen molar-refractivity contribution in [2.24, 2.45) is 0 Å². The van der Waals surface area contributed by atoms with Crippen LogP contribution in [0.3, 0.4) is 0 Å². The van der Waals surface area contributed by atoms with Gasteiger partial charge in [-0.1, -0.05) is 18.2 Å².